The van der Waals surface area contributed by atoms with E-state index in [-0.39, 0.29) is 18.6 Å². The summed E-state index contributed by atoms with van der Waals surface area (Å²) < 4.78 is 67.3. The first kappa shape index (κ1) is 23.1. The number of ether oxygens (including phenoxy) is 1. The molecule has 31 heavy (non-hydrogen) atoms. The smallest absolute Gasteiger partial charge is 0.367 e. The molecule has 0 aromatic heterocycles. The topological polar surface area (TPSA) is 41.6 Å². The molecule has 0 saturated carbocycles. The van der Waals surface area contributed by atoms with Crippen molar-refractivity contribution in [1.82, 2.24) is 10.2 Å². The van der Waals surface area contributed by atoms with Crippen molar-refractivity contribution in [3.05, 3.63) is 70.8 Å². The van der Waals surface area contributed by atoms with Crippen LogP contribution in [-0.2, 0) is 17.9 Å². The van der Waals surface area contributed by atoms with Crippen molar-refractivity contribution in [2.24, 2.45) is 0 Å². The van der Waals surface area contributed by atoms with Crippen molar-refractivity contribution < 1.29 is 31.5 Å². The minimum absolute atomic E-state index is 0.0106. The summed E-state index contributed by atoms with van der Waals surface area (Å²) in [6, 6.07) is 10.1. The van der Waals surface area contributed by atoms with Gasteiger partial charge in [0.15, 0.2) is 11.6 Å². The van der Waals surface area contributed by atoms with Gasteiger partial charge in [-0.3, -0.25) is 9.69 Å². The number of rotatable bonds is 7. The zero-order valence-corrected chi connectivity index (χ0v) is 16.7. The lowest BCUT2D eigenvalue weighted by Gasteiger charge is -2.32. The van der Waals surface area contributed by atoms with Gasteiger partial charge in [-0.05, 0) is 48.2 Å². The van der Waals surface area contributed by atoms with Crippen molar-refractivity contribution in [2.45, 2.75) is 38.2 Å². The SMILES string of the molecule is O=C(NC1CCN(Cc2ccc(F)c(F)c2)CC1)c1ccc(COCC(F)(F)F)cc1. The first-order chi connectivity index (χ1) is 14.7. The minimum Gasteiger partial charge on any atom is -0.367 e. The van der Waals surface area contributed by atoms with E-state index in [1.54, 1.807) is 30.3 Å². The van der Waals surface area contributed by atoms with Crippen LogP contribution in [0.25, 0.3) is 0 Å². The molecule has 0 spiro atoms. The molecule has 0 unspecified atom stereocenters. The number of amides is 1. The van der Waals surface area contributed by atoms with Crippen LogP contribution in [0, 0.1) is 11.6 Å². The molecule has 168 valence electrons. The van der Waals surface area contributed by atoms with Crippen LogP contribution in [0.2, 0.25) is 0 Å². The number of nitrogens with one attached hydrogen (secondary N) is 1. The maximum atomic E-state index is 13.3. The normalized spacial score (nSPS) is 15.8. The summed E-state index contributed by atoms with van der Waals surface area (Å²) in [5, 5.41) is 2.96. The first-order valence-corrected chi connectivity index (χ1v) is 9.90. The van der Waals surface area contributed by atoms with E-state index in [9.17, 15) is 26.7 Å². The van der Waals surface area contributed by atoms with Gasteiger partial charge in [0, 0.05) is 31.2 Å². The fourth-order valence-corrected chi connectivity index (χ4v) is 3.44. The zero-order chi connectivity index (χ0) is 22.4. The van der Waals surface area contributed by atoms with Gasteiger partial charge in [0.1, 0.15) is 6.61 Å². The van der Waals surface area contributed by atoms with E-state index in [0.717, 1.165) is 18.9 Å². The van der Waals surface area contributed by atoms with Crippen molar-refractivity contribution >= 4 is 5.91 Å². The summed E-state index contributed by atoms with van der Waals surface area (Å²) in [5.74, 6) is -1.98. The van der Waals surface area contributed by atoms with Gasteiger partial charge in [0.2, 0.25) is 0 Å². The average molecular weight is 442 g/mol. The van der Waals surface area contributed by atoms with E-state index < -0.39 is 24.4 Å². The Morgan fingerprint density at radius 2 is 1.65 bits per heavy atom. The van der Waals surface area contributed by atoms with Gasteiger partial charge in [0.25, 0.3) is 5.91 Å². The number of alkyl halides is 3. The summed E-state index contributed by atoms with van der Waals surface area (Å²) in [4.78, 5) is 14.5. The van der Waals surface area contributed by atoms with E-state index in [0.29, 0.717) is 36.3 Å². The molecular weight excluding hydrogens is 419 g/mol. The van der Waals surface area contributed by atoms with Gasteiger partial charge < -0.3 is 10.1 Å². The Morgan fingerprint density at radius 3 is 2.26 bits per heavy atom. The Morgan fingerprint density at radius 1 is 1.00 bits per heavy atom. The third-order valence-electron chi connectivity index (χ3n) is 5.06. The summed E-state index contributed by atoms with van der Waals surface area (Å²) in [5.41, 5.74) is 1.66. The number of carbonyl (C=O) groups is 1. The van der Waals surface area contributed by atoms with Gasteiger partial charge >= 0.3 is 6.18 Å². The molecule has 1 heterocycles. The number of nitrogens with zero attached hydrogens (tertiary/aromatic N) is 1. The van der Waals surface area contributed by atoms with Crippen LogP contribution in [0.5, 0.6) is 0 Å². The second-order valence-corrected chi connectivity index (χ2v) is 7.58. The Kier molecular flexibility index (Phi) is 7.61. The number of carbonyl (C=O) groups excluding carboxylic acids is 1. The van der Waals surface area contributed by atoms with E-state index in [1.807, 2.05) is 0 Å². The van der Waals surface area contributed by atoms with Crippen LogP contribution in [0.1, 0.15) is 34.3 Å². The fourth-order valence-electron chi connectivity index (χ4n) is 3.44. The number of likely N-dealkylation sites (tertiary alicyclic amines) is 1. The number of hydrogen-bond acceptors (Lipinski definition) is 3. The third-order valence-corrected chi connectivity index (χ3v) is 5.06. The molecule has 1 amide bonds. The second-order valence-electron chi connectivity index (χ2n) is 7.58. The van der Waals surface area contributed by atoms with Crippen LogP contribution in [0.15, 0.2) is 42.5 Å². The lowest BCUT2D eigenvalue weighted by Crippen LogP contribution is -2.44. The predicted molar refractivity (Wildman–Crippen MR) is 104 cm³/mol. The molecule has 2 aromatic carbocycles. The standard InChI is InChI=1S/C22H23F5N2O2/c23-19-6-3-16(11-20(19)24)12-29-9-7-18(8-10-29)28-21(30)17-4-1-15(2-5-17)13-31-14-22(25,26)27/h1-6,11,18H,7-10,12-14H2,(H,28,30). The number of halogens is 5. The molecule has 1 saturated heterocycles. The molecule has 1 aliphatic heterocycles. The summed E-state index contributed by atoms with van der Waals surface area (Å²) in [7, 11) is 0. The van der Waals surface area contributed by atoms with Crippen molar-refractivity contribution in [3.8, 4) is 0 Å². The van der Waals surface area contributed by atoms with Crippen LogP contribution in [0.3, 0.4) is 0 Å². The lowest BCUT2D eigenvalue weighted by atomic mass is 10.0. The van der Waals surface area contributed by atoms with E-state index in [2.05, 4.69) is 15.0 Å². The van der Waals surface area contributed by atoms with Gasteiger partial charge in [0.05, 0.1) is 6.61 Å². The van der Waals surface area contributed by atoms with Gasteiger partial charge in [-0.25, -0.2) is 8.78 Å². The van der Waals surface area contributed by atoms with Crippen molar-refractivity contribution in [1.29, 1.82) is 0 Å². The Hall–Kier alpha value is -2.52. The second kappa shape index (κ2) is 10.2. The van der Waals surface area contributed by atoms with Crippen molar-refractivity contribution in [3.63, 3.8) is 0 Å². The lowest BCUT2D eigenvalue weighted by molar-refractivity contribution is -0.176. The molecule has 1 fully saturated rings. The number of piperidine rings is 1. The minimum atomic E-state index is -4.37. The molecule has 0 radical (unpaired) electrons. The highest BCUT2D eigenvalue weighted by Crippen LogP contribution is 2.18. The van der Waals surface area contributed by atoms with E-state index in [1.165, 1.54) is 6.07 Å². The van der Waals surface area contributed by atoms with Crippen molar-refractivity contribution in [2.75, 3.05) is 19.7 Å². The van der Waals surface area contributed by atoms with Gasteiger partial charge in [-0.15, -0.1) is 0 Å². The predicted octanol–water partition coefficient (Wildman–Crippen LogP) is 4.44. The van der Waals surface area contributed by atoms with Crippen LogP contribution < -0.4 is 5.32 Å². The van der Waals surface area contributed by atoms with Crippen LogP contribution in [0.4, 0.5) is 22.0 Å². The van der Waals surface area contributed by atoms with E-state index in [4.69, 9.17) is 0 Å². The van der Waals surface area contributed by atoms with Crippen LogP contribution in [-0.4, -0.2) is 42.7 Å². The molecule has 0 bridgehead atoms. The maximum absolute atomic E-state index is 13.3. The maximum Gasteiger partial charge on any atom is 0.411 e. The van der Waals surface area contributed by atoms with Gasteiger partial charge in [-0.1, -0.05) is 18.2 Å². The third kappa shape index (κ3) is 7.29. The number of hydrogen-bond donors (Lipinski definition) is 1. The Balaban J connectivity index is 1.42. The molecule has 0 aliphatic carbocycles. The quantitative estimate of drug-likeness (QED) is 0.645. The summed E-state index contributed by atoms with van der Waals surface area (Å²) in [6.07, 6.45) is -2.93. The largest absolute Gasteiger partial charge is 0.411 e. The average Bonchev–Trinajstić information content (AvgIpc) is 2.72. The highest BCUT2D eigenvalue weighted by Gasteiger charge is 2.27. The highest BCUT2D eigenvalue weighted by atomic mass is 19.4. The Bertz CT molecular complexity index is 878. The fraction of sp³-hybridized carbons (Fsp3) is 0.409. The molecule has 2 aromatic rings. The summed E-state index contributed by atoms with van der Waals surface area (Å²) in [6.45, 7) is 0.427. The highest BCUT2D eigenvalue weighted by molar-refractivity contribution is 5.94. The monoisotopic (exact) mass is 442 g/mol. The Labute approximate surface area is 177 Å². The van der Waals surface area contributed by atoms with Crippen LogP contribution >= 0.6 is 0 Å². The molecule has 4 nitrogen and oxygen atoms in total. The number of benzene rings is 2. The molecule has 9 heteroatoms. The molecule has 3 rings (SSSR count). The first-order valence-electron chi connectivity index (χ1n) is 9.90. The molecular formula is C22H23F5N2O2. The van der Waals surface area contributed by atoms with E-state index >= 15 is 0 Å². The molecule has 1 N–H and O–H groups in total. The zero-order valence-electron chi connectivity index (χ0n) is 16.7. The summed E-state index contributed by atoms with van der Waals surface area (Å²) >= 11 is 0. The van der Waals surface area contributed by atoms with Gasteiger partial charge in [-0.2, -0.15) is 13.2 Å². The molecule has 1 aliphatic rings. The molecule has 0 atom stereocenters.